The summed E-state index contributed by atoms with van der Waals surface area (Å²) in [5.74, 6) is -0.0995. The van der Waals surface area contributed by atoms with E-state index in [4.69, 9.17) is 0 Å². The molecule has 1 aliphatic heterocycles. The number of likely N-dealkylation sites (tertiary alicyclic amines) is 1. The number of hydrogen-bond acceptors (Lipinski definition) is 4. The Hall–Kier alpha value is -1.70. The van der Waals surface area contributed by atoms with Crippen molar-refractivity contribution < 1.29 is 13.2 Å². The molecule has 5 nitrogen and oxygen atoms in total. The van der Waals surface area contributed by atoms with Gasteiger partial charge >= 0.3 is 0 Å². The molecule has 2 aromatic rings. The number of hydrogen-bond donors (Lipinski definition) is 0. The summed E-state index contributed by atoms with van der Waals surface area (Å²) < 4.78 is 26.9. The number of carbonyl (C=O) groups is 1. The van der Waals surface area contributed by atoms with Crippen LogP contribution in [0.25, 0.3) is 0 Å². The maximum absolute atomic E-state index is 13.1. The zero-order valence-corrected chi connectivity index (χ0v) is 16.7. The molecular formula is C19H24N2O3S2. The van der Waals surface area contributed by atoms with Crippen LogP contribution in [0, 0.1) is 0 Å². The molecule has 0 bridgehead atoms. The van der Waals surface area contributed by atoms with Crippen molar-refractivity contribution >= 4 is 27.3 Å². The van der Waals surface area contributed by atoms with E-state index in [-0.39, 0.29) is 16.8 Å². The Kier molecular flexibility index (Phi) is 5.79. The van der Waals surface area contributed by atoms with E-state index in [1.54, 1.807) is 29.5 Å². The molecule has 1 amide bonds. The zero-order chi connectivity index (χ0) is 18.7. The Balaban J connectivity index is 1.89. The number of amides is 1. The van der Waals surface area contributed by atoms with Gasteiger partial charge in [0.15, 0.2) is 0 Å². The lowest BCUT2D eigenvalue weighted by molar-refractivity contribution is 0.0737. The lowest BCUT2D eigenvalue weighted by atomic mass is 10.1. The molecule has 1 atom stereocenters. The van der Waals surface area contributed by atoms with Crippen molar-refractivity contribution in [3.8, 4) is 0 Å². The molecule has 0 radical (unpaired) electrons. The fourth-order valence-electron chi connectivity index (χ4n) is 3.45. The fraction of sp³-hybridized carbons (Fsp3) is 0.421. The van der Waals surface area contributed by atoms with Gasteiger partial charge in [0.1, 0.15) is 0 Å². The molecule has 1 fully saturated rings. The van der Waals surface area contributed by atoms with E-state index in [1.807, 2.05) is 30.2 Å². The third-order valence-electron chi connectivity index (χ3n) is 4.81. The predicted octanol–water partition coefficient (Wildman–Crippen LogP) is 3.76. The minimum absolute atomic E-state index is 0.0885. The van der Waals surface area contributed by atoms with E-state index < -0.39 is 10.0 Å². The van der Waals surface area contributed by atoms with E-state index in [0.29, 0.717) is 25.2 Å². The first kappa shape index (κ1) is 19.1. The minimum Gasteiger partial charge on any atom is -0.331 e. The summed E-state index contributed by atoms with van der Waals surface area (Å²) in [6.45, 7) is 5.14. The van der Waals surface area contributed by atoms with E-state index in [1.165, 1.54) is 15.2 Å². The number of rotatable bonds is 6. The maximum atomic E-state index is 13.1. The van der Waals surface area contributed by atoms with Crippen LogP contribution in [-0.2, 0) is 10.0 Å². The highest BCUT2D eigenvalue weighted by Crippen LogP contribution is 2.35. The highest BCUT2D eigenvalue weighted by Gasteiger charge is 2.32. The van der Waals surface area contributed by atoms with Gasteiger partial charge in [-0.2, -0.15) is 4.31 Å². The fourth-order valence-corrected chi connectivity index (χ4v) is 5.83. The lowest BCUT2D eigenvalue weighted by Crippen LogP contribution is -2.32. The molecule has 1 aliphatic rings. The second-order valence-electron chi connectivity index (χ2n) is 6.29. The van der Waals surface area contributed by atoms with Gasteiger partial charge in [-0.3, -0.25) is 4.79 Å². The van der Waals surface area contributed by atoms with Crippen molar-refractivity contribution in [2.75, 3.05) is 19.6 Å². The van der Waals surface area contributed by atoms with Crippen molar-refractivity contribution in [3.05, 3.63) is 52.2 Å². The quantitative estimate of drug-likeness (QED) is 0.752. The first-order valence-electron chi connectivity index (χ1n) is 8.93. The highest BCUT2D eigenvalue weighted by atomic mass is 32.2. The summed E-state index contributed by atoms with van der Waals surface area (Å²) in [6.07, 6.45) is 1.91. The van der Waals surface area contributed by atoms with Crippen LogP contribution in [0.2, 0.25) is 0 Å². The molecule has 0 N–H and O–H groups in total. The van der Waals surface area contributed by atoms with Crippen LogP contribution in [0.15, 0.2) is 46.7 Å². The normalized spacial score (nSPS) is 17.8. The molecule has 1 unspecified atom stereocenters. The average molecular weight is 393 g/mol. The average Bonchev–Trinajstić information content (AvgIpc) is 3.33. The Bertz CT molecular complexity index is 859. The van der Waals surface area contributed by atoms with Crippen LogP contribution < -0.4 is 0 Å². The predicted molar refractivity (Wildman–Crippen MR) is 104 cm³/mol. The first-order valence-corrected chi connectivity index (χ1v) is 11.3. The van der Waals surface area contributed by atoms with Crippen LogP contribution >= 0.6 is 11.3 Å². The summed E-state index contributed by atoms with van der Waals surface area (Å²) in [5.41, 5.74) is 0.432. The van der Waals surface area contributed by atoms with Gasteiger partial charge in [-0.15, -0.1) is 11.3 Å². The van der Waals surface area contributed by atoms with Crippen LogP contribution in [0.4, 0.5) is 0 Å². The second kappa shape index (κ2) is 7.90. The molecule has 1 aromatic carbocycles. The smallest absolute Gasteiger partial charge is 0.254 e. The standard InChI is InChI=1S/C19H24N2O3S2/c1-3-20(4-2)26(23,24)16-9-5-8-15(14-16)19(22)21-12-6-10-17(21)18-11-7-13-25-18/h5,7-9,11,13-14,17H,3-4,6,10,12H2,1-2H3. The third-order valence-corrected chi connectivity index (χ3v) is 7.83. The SMILES string of the molecule is CCN(CC)S(=O)(=O)c1cccc(C(=O)N2CCCC2c2cccs2)c1. The van der Waals surface area contributed by atoms with E-state index >= 15 is 0 Å². The Labute approximate surface area is 159 Å². The molecular weight excluding hydrogens is 368 g/mol. The maximum Gasteiger partial charge on any atom is 0.254 e. The summed E-state index contributed by atoms with van der Waals surface area (Å²) in [5, 5.41) is 2.02. The van der Waals surface area contributed by atoms with Crippen molar-refractivity contribution in [1.82, 2.24) is 9.21 Å². The zero-order valence-electron chi connectivity index (χ0n) is 15.1. The van der Waals surface area contributed by atoms with Crippen LogP contribution in [0.3, 0.4) is 0 Å². The van der Waals surface area contributed by atoms with Gasteiger partial charge in [-0.1, -0.05) is 26.0 Å². The number of nitrogens with zero attached hydrogens (tertiary/aromatic N) is 2. The van der Waals surface area contributed by atoms with Crippen molar-refractivity contribution in [3.63, 3.8) is 0 Å². The number of benzene rings is 1. The number of carbonyl (C=O) groups excluding carboxylic acids is 1. The molecule has 0 aliphatic carbocycles. The molecule has 1 aromatic heterocycles. The molecule has 7 heteroatoms. The number of sulfonamides is 1. The third kappa shape index (κ3) is 3.56. The highest BCUT2D eigenvalue weighted by molar-refractivity contribution is 7.89. The Morgan fingerprint density at radius 2 is 2.00 bits per heavy atom. The lowest BCUT2D eigenvalue weighted by Gasteiger charge is -2.24. The van der Waals surface area contributed by atoms with E-state index in [2.05, 4.69) is 6.07 Å². The van der Waals surface area contributed by atoms with Crippen LogP contribution in [0.5, 0.6) is 0 Å². The Morgan fingerprint density at radius 3 is 2.65 bits per heavy atom. The monoisotopic (exact) mass is 392 g/mol. The molecule has 26 heavy (non-hydrogen) atoms. The molecule has 1 saturated heterocycles. The van der Waals surface area contributed by atoms with Crippen LogP contribution in [0.1, 0.15) is 48.0 Å². The van der Waals surface area contributed by atoms with Crippen LogP contribution in [-0.4, -0.2) is 43.2 Å². The molecule has 3 rings (SSSR count). The minimum atomic E-state index is -3.57. The summed E-state index contributed by atoms with van der Waals surface area (Å²) in [4.78, 5) is 16.3. The molecule has 2 heterocycles. The first-order chi connectivity index (χ1) is 12.5. The second-order valence-corrected chi connectivity index (χ2v) is 9.21. The molecule has 0 spiro atoms. The number of thiophene rings is 1. The topological polar surface area (TPSA) is 57.7 Å². The van der Waals surface area contributed by atoms with Gasteiger partial charge in [0, 0.05) is 30.1 Å². The van der Waals surface area contributed by atoms with Gasteiger partial charge in [-0.25, -0.2) is 8.42 Å². The van der Waals surface area contributed by atoms with Crippen molar-refractivity contribution in [2.45, 2.75) is 37.6 Å². The van der Waals surface area contributed by atoms with Gasteiger partial charge in [0.2, 0.25) is 10.0 Å². The molecule has 140 valence electrons. The van der Waals surface area contributed by atoms with Crippen molar-refractivity contribution in [2.24, 2.45) is 0 Å². The Morgan fingerprint density at radius 1 is 1.23 bits per heavy atom. The summed E-state index contributed by atoms with van der Waals surface area (Å²) in [6, 6.07) is 10.6. The summed E-state index contributed by atoms with van der Waals surface area (Å²) in [7, 11) is -3.57. The molecule has 0 saturated carbocycles. The van der Waals surface area contributed by atoms with Gasteiger partial charge in [-0.05, 0) is 42.5 Å². The largest absolute Gasteiger partial charge is 0.331 e. The van der Waals surface area contributed by atoms with Gasteiger partial charge < -0.3 is 4.90 Å². The van der Waals surface area contributed by atoms with Gasteiger partial charge in [0.25, 0.3) is 5.91 Å². The van der Waals surface area contributed by atoms with E-state index in [0.717, 1.165) is 12.8 Å². The van der Waals surface area contributed by atoms with Crippen molar-refractivity contribution in [1.29, 1.82) is 0 Å². The van der Waals surface area contributed by atoms with Gasteiger partial charge in [0.05, 0.1) is 10.9 Å². The van der Waals surface area contributed by atoms with E-state index in [9.17, 15) is 13.2 Å². The summed E-state index contributed by atoms with van der Waals surface area (Å²) >= 11 is 1.66.